The summed E-state index contributed by atoms with van der Waals surface area (Å²) < 4.78 is 22.6. The van der Waals surface area contributed by atoms with Crippen molar-refractivity contribution in [1.29, 1.82) is 0 Å². The lowest BCUT2D eigenvalue weighted by atomic mass is 10.3. The fourth-order valence-electron chi connectivity index (χ4n) is 1.45. The summed E-state index contributed by atoms with van der Waals surface area (Å²) in [6.07, 6.45) is 5.13. The summed E-state index contributed by atoms with van der Waals surface area (Å²) in [4.78, 5) is 0. The fraction of sp³-hybridized carbons (Fsp3) is 1.00. The van der Waals surface area contributed by atoms with Crippen molar-refractivity contribution in [2.45, 2.75) is 45.1 Å². The van der Waals surface area contributed by atoms with Crippen molar-refractivity contribution in [1.82, 2.24) is 5.32 Å². The molecule has 84 valence electrons. The lowest BCUT2D eigenvalue weighted by molar-refractivity contribution is 0.585. The lowest BCUT2D eigenvalue weighted by Gasteiger charge is -2.03. The minimum atomic E-state index is -2.74. The van der Waals surface area contributed by atoms with Crippen LogP contribution in [0.2, 0.25) is 0 Å². The highest BCUT2D eigenvalue weighted by Crippen LogP contribution is 2.18. The van der Waals surface area contributed by atoms with Gasteiger partial charge in [-0.2, -0.15) is 0 Å². The maximum Gasteiger partial charge on any atom is 0.150 e. The molecule has 1 aliphatic rings. The predicted molar refractivity (Wildman–Crippen MR) is 59.2 cm³/mol. The van der Waals surface area contributed by atoms with Crippen LogP contribution in [0.5, 0.6) is 0 Å². The van der Waals surface area contributed by atoms with Crippen LogP contribution in [0.25, 0.3) is 0 Å². The lowest BCUT2D eigenvalue weighted by Crippen LogP contribution is -2.18. The topological polar surface area (TPSA) is 46.2 Å². The molecule has 0 radical (unpaired) electrons. The van der Waals surface area contributed by atoms with E-state index >= 15 is 0 Å². The van der Waals surface area contributed by atoms with Gasteiger partial charge in [0.15, 0.2) is 0 Å². The summed E-state index contributed by atoms with van der Waals surface area (Å²) in [7, 11) is -2.74. The van der Waals surface area contributed by atoms with Gasteiger partial charge in [0.05, 0.1) is 5.75 Å². The van der Waals surface area contributed by atoms with E-state index in [1.807, 2.05) is 6.92 Å². The normalized spacial score (nSPS) is 17.2. The van der Waals surface area contributed by atoms with Crippen LogP contribution in [-0.2, 0) is 9.84 Å². The number of hydrogen-bond donors (Lipinski definition) is 1. The molecule has 0 heterocycles. The molecule has 0 atom stereocenters. The van der Waals surface area contributed by atoms with E-state index in [4.69, 9.17) is 0 Å². The summed E-state index contributed by atoms with van der Waals surface area (Å²) in [6.45, 7) is 2.89. The van der Waals surface area contributed by atoms with E-state index in [2.05, 4.69) is 5.32 Å². The monoisotopic (exact) mass is 219 g/mol. The maximum absolute atomic E-state index is 11.3. The summed E-state index contributed by atoms with van der Waals surface area (Å²) in [5, 5.41) is 3.38. The van der Waals surface area contributed by atoms with E-state index < -0.39 is 9.84 Å². The van der Waals surface area contributed by atoms with Gasteiger partial charge in [-0.25, -0.2) is 8.42 Å². The smallest absolute Gasteiger partial charge is 0.150 e. The van der Waals surface area contributed by atoms with E-state index in [0.717, 1.165) is 31.8 Å². The Hall–Kier alpha value is -0.0900. The van der Waals surface area contributed by atoms with Gasteiger partial charge in [-0.15, -0.1) is 0 Å². The quantitative estimate of drug-likeness (QED) is 0.627. The Kier molecular flexibility index (Phi) is 4.89. The van der Waals surface area contributed by atoms with Crippen LogP contribution < -0.4 is 5.32 Å². The second-order valence-electron chi connectivity index (χ2n) is 4.09. The third-order valence-corrected chi connectivity index (χ3v) is 4.35. The molecule has 1 saturated carbocycles. The number of unbranched alkanes of at least 4 members (excludes halogenated alkanes) is 1. The van der Waals surface area contributed by atoms with E-state index in [-0.39, 0.29) is 0 Å². The molecule has 1 N–H and O–H groups in total. The summed E-state index contributed by atoms with van der Waals surface area (Å²) in [6, 6.07) is 0.738. The first-order valence-corrected chi connectivity index (χ1v) is 7.40. The zero-order chi connectivity index (χ0) is 10.4. The van der Waals surface area contributed by atoms with E-state index in [9.17, 15) is 8.42 Å². The molecule has 0 aromatic carbocycles. The molecular weight excluding hydrogens is 198 g/mol. The molecule has 1 rings (SSSR count). The van der Waals surface area contributed by atoms with Crippen LogP contribution in [0.3, 0.4) is 0 Å². The van der Waals surface area contributed by atoms with Crippen molar-refractivity contribution < 1.29 is 8.42 Å². The Morgan fingerprint density at radius 1 is 1.21 bits per heavy atom. The molecule has 1 fully saturated rings. The summed E-state index contributed by atoms with van der Waals surface area (Å²) in [5.74, 6) is 0.718. The number of nitrogens with one attached hydrogen (secondary N) is 1. The van der Waals surface area contributed by atoms with Crippen molar-refractivity contribution in [2.75, 3.05) is 18.1 Å². The van der Waals surface area contributed by atoms with Crippen molar-refractivity contribution in [3.8, 4) is 0 Å². The van der Waals surface area contributed by atoms with Gasteiger partial charge in [0.1, 0.15) is 9.84 Å². The second kappa shape index (κ2) is 5.71. The van der Waals surface area contributed by atoms with Crippen LogP contribution in [0, 0.1) is 0 Å². The molecular formula is C10H21NO2S. The first-order chi connectivity index (χ1) is 6.64. The highest BCUT2D eigenvalue weighted by atomic mass is 32.2. The first kappa shape index (κ1) is 12.0. The molecule has 0 aromatic rings. The molecule has 0 aromatic heterocycles. The zero-order valence-corrected chi connectivity index (χ0v) is 9.78. The number of hydrogen-bond acceptors (Lipinski definition) is 3. The van der Waals surface area contributed by atoms with Crippen molar-refractivity contribution >= 4 is 9.84 Å². The number of rotatable bonds is 8. The van der Waals surface area contributed by atoms with Crippen LogP contribution >= 0.6 is 0 Å². The molecule has 0 saturated heterocycles. The van der Waals surface area contributed by atoms with Gasteiger partial charge in [0.25, 0.3) is 0 Å². The van der Waals surface area contributed by atoms with Crippen molar-refractivity contribution in [2.24, 2.45) is 0 Å². The Morgan fingerprint density at radius 2 is 1.93 bits per heavy atom. The molecule has 0 bridgehead atoms. The summed E-state index contributed by atoms with van der Waals surface area (Å²) in [5.41, 5.74) is 0. The molecule has 0 aliphatic heterocycles. The Balaban J connectivity index is 1.96. The number of sulfone groups is 1. The highest BCUT2D eigenvalue weighted by Gasteiger charge is 2.19. The Labute approximate surface area is 87.2 Å². The fourth-order valence-corrected chi connectivity index (χ4v) is 2.92. The van der Waals surface area contributed by atoms with Crippen LogP contribution in [0.1, 0.15) is 39.0 Å². The SMILES string of the molecule is CCCS(=O)(=O)CCCCNC1CC1. The first-order valence-electron chi connectivity index (χ1n) is 5.58. The maximum atomic E-state index is 11.3. The third kappa shape index (κ3) is 5.60. The van der Waals surface area contributed by atoms with Crippen LogP contribution in [0.4, 0.5) is 0 Å². The van der Waals surface area contributed by atoms with Gasteiger partial charge in [0, 0.05) is 11.8 Å². The van der Waals surface area contributed by atoms with E-state index in [0.29, 0.717) is 11.5 Å². The Morgan fingerprint density at radius 3 is 2.50 bits per heavy atom. The average Bonchev–Trinajstić information content (AvgIpc) is 2.87. The third-order valence-electron chi connectivity index (χ3n) is 2.41. The second-order valence-corrected chi connectivity index (χ2v) is 6.39. The molecule has 1 aliphatic carbocycles. The van der Waals surface area contributed by atoms with E-state index in [1.54, 1.807) is 0 Å². The molecule has 0 spiro atoms. The minimum Gasteiger partial charge on any atom is -0.314 e. The van der Waals surface area contributed by atoms with Crippen LogP contribution in [-0.4, -0.2) is 32.5 Å². The Bertz CT molecular complexity index is 245. The van der Waals surface area contributed by atoms with Crippen molar-refractivity contribution in [3.05, 3.63) is 0 Å². The predicted octanol–water partition coefficient (Wildman–Crippen LogP) is 1.34. The average molecular weight is 219 g/mol. The van der Waals surface area contributed by atoms with Gasteiger partial charge < -0.3 is 5.32 Å². The van der Waals surface area contributed by atoms with E-state index in [1.165, 1.54) is 12.8 Å². The molecule has 4 heteroatoms. The summed E-state index contributed by atoms with van der Waals surface area (Å²) >= 11 is 0. The van der Waals surface area contributed by atoms with Gasteiger partial charge in [-0.3, -0.25) is 0 Å². The van der Waals surface area contributed by atoms with Gasteiger partial charge in [-0.1, -0.05) is 6.92 Å². The zero-order valence-electron chi connectivity index (χ0n) is 8.96. The molecule has 3 nitrogen and oxygen atoms in total. The molecule has 0 unspecified atom stereocenters. The largest absolute Gasteiger partial charge is 0.314 e. The van der Waals surface area contributed by atoms with Gasteiger partial charge in [-0.05, 0) is 38.6 Å². The standard InChI is InChI=1S/C10H21NO2S/c1-2-8-14(12,13)9-4-3-7-11-10-5-6-10/h10-11H,2-9H2,1H3. The van der Waals surface area contributed by atoms with Gasteiger partial charge >= 0.3 is 0 Å². The highest BCUT2D eigenvalue weighted by molar-refractivity contribution is 7.91. The van der Waals surface area contributed by atoms with Gasteiger partial charge in [0.2, 0.25) is 0 Å². The molecule has 0 amide bonds. The van der Waals surface area contributed by atoms with Crippen molar-refractivity contribution in [3.63, 3.8) is 0 Å². The molecule has 14 heavy (non-hydrogen) atoms. The van der Waals surface area contributed by atoms with Crippen LogP contribution in [0.15, 0.2) is 0 Å². The minimum absolute atomic E-state index is 0.350.